The first-order chi connectivity index (χ1) is 13.7. The quantitative estimate of drug-likeness (QED) is 0.660. The topological polar surface area (TPSA) is 40.6 Å². The summed E-state index contributed by atoms with van der Waals surface area (Å²) < 4.78 is 0. The molecule has 0 atom stereocenters. The Morgan fingerprint density at radius 3 is 2.04 bits per heavy atom. The molecule has 4 nitrogen and oxygen atoms in total. The Morgan fingerprint density at radius 1 is 0.821 bits per heavy atom. The van der Waals surface area contributed by atoms with Crippen molar-refractivity contribution in [2.45, 2.75) is 12.8 Å². The van der Waals surface area contributed by atoms with Crippen LogP contribution in [-0.4, -0.2) is 29.9 Å². The van der Waals surface area contributed by atoms with Gasteiger partial charge in [-0.3, -0.25) is 14.5 Å². The van der Waals surface area contributed by atoms with Gasteiger partial charge < -0.3 is 4.90 Å². The molecule has 3 aromatic carbocycles. The van der Waals surface area contributed by atoms with E-state index in [0.29, 0.717) is 18.5 Å². The van der Waals surface area contributed by atoms with Crippen LogP contribution in [0.4, 0.5) is 5.69 Å². The lowest BCUT2D eigenvalue weighted by atomic mass is 10.0. The summed E-state index contributed by atoms with van der Waals surface area (Å²) in [6.45, 7) is 0.977. The third-order valence-electron chi connectivity index (χ3n) is 5.04. The van der Waals surface area contributed by atoms with Crippen LogP contribution in [0.3, 0.4) is 0 Å². The number of hydrogen-bond acceptors (Lipinski definition) is 2. The lowest BCUT2D eigenvalue weighted by molar-refractivity contribution is -0.127. The number of carbonyl (C=O) groups excluding carboxylic acids is 2. The molecular formula is C24H22N2O2. The molecule has 2 amide bonds. The average Bonchev–Trinajstić information content (AvgIpc) is 3.17. The van der Waals surface area contributed by atoms with Crippen molar-refractivity contribution in [3.63, 3.8) is 0 Å². The van der Waals surface area contributed by atoms with Gasteiger partial charge in [0.15, 0.2) is 0 Å². The second-order valence-corrected chi connectivity index (χ2v) is 6.91. The molecule has 0 saturated carbocycles. The van der Waals surface area contributed by atoms with Crippen LogP contribution in [0.25, 0.3) is 11.1 Å². The van der Waals surface area contributed by atoms with Crippen molar-refractivity contribution in [1.82, 2.24) is 4.90 Å². The van der Waals surface area contributed by atoms with Crippen LogP contribution in [0.1, 0.15) is 23.2 Å². The van der Waals surface area contributed by atoms with E-state index in [-0.39, 0.29) is 18.5 Å². The SMILES string of the molecule is O=C1CCCN1CN(C(=O)c1ccc(-c2ccccc2)cc1)c1ccccc1. The van der Waals surface area contributed by atoms with Crippen LogP contribution >= 0.6 is 0 Å². The van der Waals surface area contributed by atoms with Crippen LogP contribution in [-0.2, 0) is 4.79 Å². The fourth-order valence-electron chi connectivity index (χ4n) is 3.49. The highest BCUT2D eigenvalue weighted by Crippen LogP contribution is 2.23. The minimum atomic E-state index is -0.106. The molecule has 1 aliphatic rings. The minimum absolute atomic E-state index is 0.105. The molecular weight excluding hydrogens is 348 g/mol. The normalized spacial score (nSPS) is 13.6. The number of amides is 2. The number of nitrogens with zero attached hydrogens (tertiary/aromatic N) is 2. The number of likely N-dealkylation sites (tertiary alicyclic amines) is 1. The highest BCUT2D eigenvalue weighted by atomic mass is 16.2. The van der Waals surface area contributed by atoms with Crippen molar-refractivity contribution in [3.05, 3.63) is 90.5 Å². The summed E-state index contributed by atoms with van der Waals surface area (Å²) in [6.07, 6.45) is 1.41. The summed E-state index contributed by atoms with van der Waals surface area (Å²) >= 11 is 0. The van der Waals surface area contributed by atoms with E-state index < -0.39 is 0 Å². The van der Waals surface area contributed by atoms with E-state index in [2.05, 4.69) is 0 Å². The maximum atomic E-state index is 13.3. The summed E-state index contributed by atoms with van der Waals surface area (Å²) in [5, 5.41) is 0. The molecule has 1 heterocycles. The van der Waals surface area contributed by atoms with Gasteiger partial charge in [0.05, 0.1) is 0 Å². The van der Waals surface area contributed by atoms with Crippen LogP contribution < -0.4 is 4.90 Å². The third-order valence-corrected chi connectivity index (χ3v) is 5.04. The van der Waals surface area contributed by atoms with Crippen LogP contribution in [0.15, 0.2) is 84.9 Å². The molecule has 0 aromatic heterocycles. The Labute approximate surface area is 165 Å². The molecule has 4 heteroatoms. The van der Waals surface area contributed by atoms with Gasteiger partial charge in [-0.15, -0.1) is 0 Å². The summed E-state index contributed by atoms with van der Waals surface area (Å²) in [4.78, 5) is 28.8. The van der Waals surface area contributed by atoms with E-state index in [1.54, 1.807) is 9.80 Å². The number of anilines is 1. The van der Waals surface area contributed by atoms with Gasteiger partial charge in [-0.25, -0.2) is 0 Å². The van der Waals surface area contributed by atoms with Crippen LogP contribution in [0.5, 0.6) is 0 Å². The zero-order valence-electron chi connectivity index (χ0n) is 15.6. The minimum Gasteiger partial charge on any atom is -0.324 e. The predicted octanol–water partition coefficient (Wildman–Crippen LogP) is 4.58. The molecule has 1 fully saturated rings. The fraction of sp³-hybridized carbons (Fsp3) is 0.167. The second-order valence-electron chi connectivity index (χ2n) is 6.91. The molecule has 1 aliphatic heterocycles. The van der Waals surface area contributed by atoms with Gasteiger partial charge in [-0.2, -0.15) is 0 Å². The maximum Gasteiger partial charge on any atom is 0.259 e. The van der Waals surface area contributed by atoms with Crippen LogP contribution in [0.2, 0.25) is 0 Å². The lowest BCUT2D eigenvalue weighted by Crippen LogP contribution is -2.42. The Morgan fingerprint density at radius 2 is 1.43 bits per heavy atom. The summed E-state index contributed by atoms with van der Waals surface area (Å²) in [5.41, 5.74) is 3.58. The molecule has 4 rings (SSSR count). The first kappa shape index (κ1) is 18.0. The largest absolute Gasteiger partial charge is 0.324 e. The molecule has 140 valence electrons. The Bertz CT molecular complexity index is 953. The van der Waals surface area contributed by atoms with E-state index in [4.69, 9.17) is 0 Å². The first-order valence-corrected chi connectivity index (χ1v) is 9.52. The smallest absolute Gasteiger partial charge is 0.259 e. The molecule has 0 spiro atoms. The zero-order chi connectivity index (χ0) is 19.3. The van der Waals surface area contributed by atoms with Crippen molar-refractivity contribution in [2.75, 3.05) is 18.1 Å². The Kier molecular flexibility index (Phi) is 5.20. The van der Waals surface area contributed by atoms with Gasteiger partial charge in [-0.05, 0) is 41.8 Å². The maximum absolute atomic E-state index is 13.3. The molecule has 0 aliphatic carbocycles. The molecule has 3 aromatic rings. The van der Waals surface area contributed by atoms with Crippen molar-refractivity contribution in [1.29, 1.82) is 0 Å². The summed E-state index contributed by atoms with van der Waals surface area (Å²) in [7, 11) is 0. The zero-order valence-corrected chi connectivity index (χ0v) is 15.6. The number of benzene rings is 3. The molecule has 0 N–H and O–H groups in total. The first-order valence-electron chi connectivity index (χ1n) is 9.52. The third kappa shape index (κ3) is 3.81. The molecule has 0 unspecified atom stereocenters. The van der Waals surface area contributed by atoms with Crippen LogP contribution in [0, 0.1) is 0 Å². The molecule has 0 bridgehead atoms. The van der Waals surface area contributed by atoms with Crippen molar-refractivity contribution in [2.24, 2.45) is 0 Å². The van der Waals surface area contributed by atoms with Gasteiger partial charge in [0.2, 0.25) is 5.91 Å². The Hall–Kier alpha value is -3.40. The van der Waals surface area contributed by atoms with Crippen molar-refractivity contribution >= 4 is 17.5 Å². The van der Waals surface area contributed by atoms with E-state index in [9.17, 15) is 9.59 Å². The predicted molar refractivity (Wildman–Crippen MR) is 111 cm³/mol. The Balaban J connectivity index is 1.60. The molecule has 1 saturated heterocycles. The van der Waals surface area contributed by atoms with E-state index in [0.717, 1.165) is 23.2 Å². The highest BCUT2D eigenvalue weighted by molar-refractivity contribution is 6.06. The fourth-order valence-corrected chi connectivity index (χ4v) is 3.49. The molecule has 0 radical (unpaired) electrons. The van der Waals surface area contributed by atoms with Gasteiger partial charge >= 0.3 is 0 Å². The van der Waals surface area contributed by atoms with Gasteiger partial charge in [0, 0.05) is 24.2 Å². The van der Waals surface area contributed by atoms with E-state index >= 15 is 0 Å². The number of para-hydroxylation sites is 1. The summed E-state index contributed by atoms with van der Waals surface area (Å²) in [5.74, 6) is -0.00123. The summed E-state index contributed by atoms with van der Waals surface area (Å²) in [6, 6.07) is 27.2. The molecule has 28 heavy (non-hydrogen) atoms. The van der Waals surface area contributed by atoms with Gasteiger partial charge in [0.1, 0.15) is 6.67 Å². The number of hydrogen-bond donors (Lipinski definition) is 0. The highest BCUT2D eigenvalue weighted by Gasteiger charge is 2.26. The van der Waals surface area contributed by atoms with Crippen molar-refractivity contribution < 1.29 is 9.59 Å². The lowest BCUT2D eigenvalue weighted by Gasteiger charge is -2.28. The van der Waals surface area contributed by atoms with E-state index in [1.165, 1.54) is 0 Å². The van der Waals surface area contributed by atoms with Crippen molar-refractivity contribution in [3.8, 4) is 11.1 Å². The van der Waals surface area contributed by atoms with Gasteiger partial charge in [-0.1, -0.05) is 60.7 Å². The number of carbonyl (C=O) groups is 2. The van der Waals surface area contributed by atoms with Gasteiger partial charge in [0.25, 0.3) is 5.91 Å². The average molecular weight is 370 g/mol. The number of rotatable bonds is 5. The monoisotopic (exact) mass is 370 g/mol. The van der Waals surface area contributed by atoms with E-state index in [1.807, 2.05) is 84.9 Å². The second kappa shape index (κ2) is 8.09. The standard InChI is InChI=1S/C24H22N2O2/c27-23-12-7-17-25(23)18-26(22-10-5-2-6-11-22)24(28)21-15-13-20(14-16-21)19-8-3-1-4-9-19/h1-6,8-11,13-16H,7,12,17-18H2.